The molecule has 2 fully saturated rings. The molecule has 0 unspecified atom stereocenters. The second-order valence-electron chi connectivity index (χ2n) is 12.6. The van der Waals surface area contributed by atoms with Gasteiger partial charge in [0.05, 0.1) is 32.9 Å². The zero-order chi connectivity index (χ0) is 34.2. The van der Waals surface area contributed by atoms with E-state index in [1.807, 2.05) is 17.1 Å². The fourth-order valence-corrected chi connectivity index (χ4v) is 7.26. The number of aromatic nitrogens is 2. The number of benzene rings is 2. The van der Waals surface area contributed by atoms with E-state index in [9.17, 15) is 23.6 Å². The predicted molar refractivity (Wildman–Crippen MR) is 170 cm³/mol. The summed E-state index contributed by atoms with van der Waals surface area (Å²) < 4.78 is 48.8. The van der Waals surface area contributed by atoms with Gasteiger partial charge in [-0.2, -0.15) is 4.39 Å². The van der Waals surface area contributed by atoms with Gasteiger partial charge in [-0.15, -0.1) is 0 Å². The van der Waals surface area contributed by atoms with Crippen molar-refractivity contribution < 1.29 is 42.4 Å². The Morgan fingerprint density at radius 1 is 0.939 bits per heavy atom. The van der Waals surface area contributed by atoms with E-state index >= 15 is 0 Å². The molecule has 2 saturated heterocycles. The van der Waals surface area contributed by atoms with Crippen LogP contribution < -0.4 is 34.9 Å². The second kappa shape index (κ2) is 13.5. The quantitative estimate of drug-likeness (QED) is 0.262. The smallest absolute Gasteiger partial charge is 0.415 e. The van der Waals surface area contributed by atoms with Crippen molar-refractivity contribution in [2.24, 2.45) is 11.8 Å². The first-order chi connectivity index (χ1) is 23.7. The molecular formula is C34H37FN4O10. The molecule has 1 N–H and O–H groups in total. The number of piperazine rings is 1. The summed E-state index contributed by atoms with van der Waals surface area (Å²) in [6.07, 6.45) is 2.41. The van der Waals surface area contributed by atoms with Crippen molar-refractivity contribution in [1.82, 2.24) is 19.4 Å². The number of ether oxygens (including phenoxy) is 6. The highest BCUT2D eigenvalue weighted by Crippen LogP contribution is 2.52. The van der Waals surface area contributed by atoms with Crippen LogP contribution in [0.25, 0.3) is 0 Å². The normalized spacial score (nSPS) is 21.2. The topological polar surface area (TPSA) is 151 Å². The SMILES string of the molecule is COc1cc([C@@H]2c3cc4c(cc3C[C@H]3COC(=O)[C@@H]32)OCO4)cc(OC)c1OC(=O)N1CCN(CCCCn2cc(F)c(=O)[nH]c2=O)CC1. The van der Waals surface area contributed by atoms with Crippen molar-refractivity contribution in [1.29, 1.82) is 0 Å². The lowest BCUT2D eigenvalue weighted by Crippen LogP contribution is -2.49. The summed E-state index contributed by atoms with van der Waals surface area (Å²) in [6, 6.07) is 7.48. The van der Waals surface area contributed by atoms with E-state index < -0.39 is 29.1 Å². The van der Waals surface area contributed by atoms with Gasteiger partial charge in [-0.25, -0.2) is 9.59 Å². The standard InChI is InChI=1S/C34H37FN4O10/c1-44-26-13-20(28-22-15-25-24(47-18-48-25)12-19(22)11-21-17-46-32(41)29(21)28)14-27(45-2)30(26)49-34(43)38-9-7-37(8-10-38)5-3-4-6-39-16-23(35)31(40)36-33(39)42/h12-16,21,28-29H,3-11,17-18H2,1-2H3,(H,36,40,42)/t21-,28+,29-/m0/s1. The molecule has 3 aliphatic heterocycles. The Morgan fingerprint density at radius 3 is 2.35 bits per heavy atom. The maximum atomic E-state index is 13.5. The summed E-state index contributed by atoms with van der Waals surface area (Å²) >= 11 is 0. The summed E-state index contributed by atoms with van der Waals surface area (Å²) in [6.45, 7) is 3.60. The van der Waals surface area contributed by atoms with Crippen LogP contribution in [0.4, 0.5) is 9.18 Å². The summed E-state index contributed by atoms with van der Waals surface area (Å²) in [4.78, 5) is 55.3. The van der Waals surface area contributed by atoms with Crippen molar-refractivity contribution >= 4 is 12.1 Å². The number of carbonyl (C=O) groups is 2. The van der Waals surface area contributed by atoms with Crippen LogP contribution in [0, 0.1) is 17.7 Å². The van der Waals surface area contributed by atoms with Crippen LogP contribution in [0.15, 0.2) is 40.1 Å². The molecule has 0 bridgehead atoms. The number of aromatic amines is 1. The van der Waals surface area contributed by atoms with Gasteiger partial charge in [0, 0.05) is 44.6 Å². The Balaban J connectivity index is 1.02. The van der Waals surface area contributed by atoms with Crippen molar-refractivity contribution in [3.63, 3.8) is 0 Å². The lowest BCUT2D eigenvalue weighted by atomic mass is 9.67. The van der Waals surface area contributed by atoms with Crippen LogP contribution in [0.3, 0.4) is 0 Å². The van der Waals surface area contributed by atoms with Crippen LogP contribution in [-0.4, -0.2) is 91.8 Å². The predicted octanol–water partition coefficient (Wildman–Crippen LogP) is 2.50. The third-order valence-electron chi connectivity index (χ3n) is 9.78. The number of unbranched alkanes of at least 4 members (excludes halogenated alkanes) is 1. The lowest BCUT2D eigenvalue weighted by Gasteiger charge is -2.35. The molecule has 0 radical (unpaired) electrons. The van der Waals surface area contributed by atoms with Crippen LogP contribution >= 0.6 is 0 Å². The number of cyclic esters (lactones) is 1. The van der Waals surface area contributed by atoms with Crippen molar-refractivity contribution in [2.45, 2.75) is 31.7 Å². The monoisotopic (exact) mass is 680 g/mol. The van der Waals surface area contributed by atoms with E-state index in [-0.39, 0.29) is 36.9 Å². The number of hydrogen-bond donors (Lipinski definition) is 1. The molecule has 7 rings (SSSR count). The van der Waals surface area contributed by atoms with Gasteiger partial charge >= 0.3 is 17.8 Å². The minimum absolute atomic E-state index is 0.0108. The number of nitrogens with one attached hydrogen (secondary N) is 1. The first-order valence-electron chi connectivity index (χ1n) is 16.3. The fraction of sp³-hybridized carbons (Fsp3) is 0.471. The van der Waals surface area contributed by atoms with Gasteiger partial charge < -0.3 is 33.3 Å². The van der Waals surface area contributed by atoms with Gasteiger partial charge in [0.2, 0.25) is 18.4 Å². The maximum Gasteiger partial charge on any atom is 0.415 e. The minimum Gasteiger partial charge on any atom is -0.493 e. The number of carbonyl (C=O) groups excluding carboxylic acids is 2. The van der Waals surface area contributed by atoms with E-state index in [1.54, 1.807) is 17.0 Å². The average molecular weight is 681 g/mol. The van der Waals surface area contributed by atoms with Gasteiger partial charge in [-0.3, -0.25) is 24.0 Å². The summed E-state index contributed by atoms with van der Waals surface area (Å²) in [5.41, 5.74) is 1.09. The van der Waals surface area contributed by atoms with Crippen LogP contribution in [-0.2, 0) is 22.5 Å². The van der Waals surface area contributed by atoms with Gasteiger partial charge in [0.1, 0.15) is 0 Å². The molecule has 0 saturated carbocycles. The Labute approximate surface area is 280 Å². The highest BCUT2D eigenvalue weighted by molar-refractivity contribution is 5.79. The highest BCUT2D eigenvalue weighted by atomic mass is 19.1. The lowest BCUT2D eigenvalue weighted by molar-refractivity contribution is -0.141. The summed E-state index contributed by atoms with van der Waals surface area (Å²) in [5.74, 6) is -0.0324. The van der Waals surface area contributed by atoms with E-state index in [0.29, 0.717) is 68.6 Å². The number of hydrogen-bond acceptors (Lipinski definition) is 11. The molecule has 1 amide bonds. The van der Waals surface area contributed by atoms with Crippen molar-refractivity contribution in [2.75, 3.05) is 60.3 Å². The molecule has 3 atom stereocenters. The number of rotatable bonds is 9. The number of aryl methyl sites for hydroxylation is 1. The molecule has 260 valence electrons. The van der Waals surface area contributed by atoms with Gasteiger partial charge in [-0.1, -0.05) is 0 Å². The third kappa shape index (κ3) is 6.30. The first kappa shape index (κ1) is 32.5. The van der Waals surface area contributed by atoms with Crippen molar-refractivity contribution in [3.05, 3.63) is 73.8 Å². The molecule has 49 heavy (non-hydrogen) atoms. The van der Waals surface area contributed by atoms with Crippen LogP contribution in [0.5, 0.6) is 28.7 Å². The molecule has 4 aliphatic rings. The number of esters is 1. The minimum atomic E-state index is -1.03. The zero-order valence-corrected chi connectivity index (χ0v) is 27.2. The third-order valence-corrected chi connectivity index (χ3v) is 9.78. The van der Waals surface area contributed by atoms with Crippen LogP contribution in [0.2, 0.25) is 0 Å². The van der Waals surface area contributed by atoms with Crippen LogP contribution in [0.1, 0.15) is 35.4 Å². The molecular weight excluding hydrogens is 643 g/mol. The first-order valence-corrected chi connectivity index (χ1v) is 16.3. The van der Waals surface area contributed by atoms with E-state index in [4.69, 9.17) is 28.4 Å². The van der Waals surface area contributed by atoms with E-state index in [1.165, 1.54) is 14.2 Å². The Bertz CT molecular complexity index is 1860. The summed E-state index contributed by atoms with van der Waals surface area (Å²) in [7, 11) is 2.97. The van der Waals surface area contributed by atoms with E-state index in [2.05, 4.69) is 4.90 Å². The maximum absolute atomic E-state index is 13.5. The Kier molecular flexibility index (Phi) is 8.92. The fourth-order valence-electron chi connectivity index (χ4n) is 7.26. The molecule has 15 heteroatoms. The largest absolute Gasteiger partial charge is 0.493 e. The van der Waals surface area contributed by atoms with Gasteiger partial charge in [-0.05, 0) is 66.8 Å². The molecule has 1 aromatic heterocycles. The molecule has 0 spiro atoms. The molecule has 3 aromatic rings. The van der Waals surface area contributed by atoms with E-state index in [0.717, 1.165) is 40.4 Å². The average Bonchev–Trinajstić information content (AvgIpc) is 3.72. The van der Waals surface area contributed by atoms with Gasteiger partial charge in [0.15, 0.2) is 23.0 Å². The molecule has 4 heterocycles. The van der Waals surface area contributed by atoms with Gasteiger partial charge in [0.25, 0.3) is 5.56 Å². The summed E-state index contributed by atoms with van der Waals surface area (Å²) in [5, 5.41) is 0. The highest BCUT2D eigenvalue weighted by Gasteiger charge is 2.48. The zero-order valence-electron chi connectivity index (χ0n) is 27.2. The van der Waals surface area contributed by atoms with Crippen molar-refractivity contribution in [3.8, 4) is 28.7 Å². The molecule has 2 aromatic carbocycles. The molecule has 14 nitrogen and oxygen atoms in total. The number of fused-ring (bicyclic) bond motifs is 3. The number of amides is 1. The second-order valence-corrected chi connectivity index (χ2v) is 12.6. The number of methoxy groups -OCH3 is 2. The Morgan fingerprint density at radius 2 is 1.63 bits per heavy atom. The Hall–Kier alpha value is -5.05. The number of nitrogens with zero attached hydrogens (tertiary/aromatic N) is 3. The molecule has 1 aliphatic carbocycles. The number of H-pyrrole nitrogens is 1. The number of halogens is 1.